The van der Waals surface area contributed by atoms with E-state index >= 15 is 0 Å². The van der Waals surface area contributed by atoms with Gasteiger partial charge in [-0.05, 0) is 6.92 Å². The van der Waals surface area contributed by atoms with E-state index in [0.717, 1.165) is 6.92 Å². The van der Waals surface area contributed by atoms with Crippen molar-refractivity contribution in [2.45, 2.75) is 43.5 Å². The Bertz CT molecular complexity index is 370. The molecule has 0 saturated carbocycles. The van der Waals surface area contributed by atoms with E-state index in [4.69, 9.17) is 0 Å². The summed E-state index contributed by atoms with van der Waals surface area (Å²) < 4.78 is 130. The molecule has 0 aromatic heterocycles. The summed E-state index contributed by atoms with van der Waals surface area (Å²) >= 11 is 0. The third kappa shape index (κ3) is 3.34. The Kier molecular flexibility index (Phi) is 5.89. The first-order valence-corrected chi connectivity index (χ1v) is 5.12. The van der Waals surface area contributed by atoms with Gasteiger partial charge in [-0.3, -0.25) is 0 Å². The van der Waals surface area contributed by atoms with Crippen molar-refractivity contribution in [2.75, 3.05) is 6.61 Å². The smallest absolute Gasteiger partial charge is 0.410 e. The van der Waals surface area contributed by atoms with E-state index in [9.17, 15) is 48.7 Å². The predicted molar refractivity (Wildman–Crippen MR) is 47.3 cm³/mol. The van der Waals surface area contributed by atoms with Crippen LogP contribution in [0.15, 0.2) is 0 Å². The summed E-state index contributed by atoms with van der Waals surface area (Å²) in [4.78, 5) is 10.5. The van der Waals surface area contributed by atoms with Crippen molar-refractivity contribution in [3.63, 3.8) is 0 Å². The topological polar surface area (TPSA) is 26.3 Å². The summed E-state index contributed by atoms with van der Waals surface area (Å²) in [6.07, 6.45) is -13.9. The molecular weight excluding hydrogens is 330 g/mol. The van der Waals surface area contributed by atoms with Gasteiger partial charge in [0.05, 0.1) is 6.61 Å². The molecule has 0 aliphatic rings. The Morgan fingerprint density at radius 3 is 1.76 bits per heavy atom. The summed E-state index contributed by atoms with van der Waals surface area (Å²) in [6.45, 7) is -0.0332. The minimum Gasteiger partial charge on any atom is -0.461 e. The lowest BCUT2D eigenvalue weighted by Crippen LogP contribution is -2.63. The molecule has 0 saturated heterocycles. The van der Waals surface area contributed by atoms with Crippen LogP contribution in [-0.2, 0) is 9.53 Å². The number of hydrogen-bond donors (Lipinski definition) is 0. The molecule has 2 unspecified atom stereocenters. The van der Waals surface area contributed by atoms with Crippen molar-refractivity contribution >= 4 is 5.97 Å². The first kappa shape index (κ1) is 19.8. The molecule has 0 aromatic rings. The van der Waals surface area contributed by atoms with Gasteiger partial charge in [-0.25, -0.2) is 22.4 Å². The molecule has 0 radical (unpaired) electrons. The number of ether oxygens (including phenoxy) is 1. The van der Waals surface area contributed by atoms with Gasteiger partial charge < -0.3 is 4.74 Å². The SMILES string of the molecule is CCOC(=O)C(F)(F)C(F)(F)C(F)(F)C(F)C(F)C(F)F. The molecule has 0 fully saturated rings. The van der Waals surface area contributed by atoms with Gasteiger partial charge in [0.1, 0.15) is 0 Å². The van der Waals surface area contributed by atoms with Gasteiger partial charge >= 0.3 is 23.7 Å². The molecule has 2 nitrogen and oxygen atoms in total. The lowest BCUT2D eigenvalue weighted by Gasteiger charge is -2.33. The number of esters is 1. The molecule has 0 aliphatic heterocycles. The first-order chi connectivity index (χ1) is 9.25. The van der Waals surface area contributed by atoms with Gasteiger partial charge in [-0.2, -0.15) is 26.3 Å². The highest BCUT2D eigenvalue weighted by Crippen LogP contribution is 2.49. The molecule has 0 amide bonds. The number of alkyl halides is 10. The molecule has 21 heavy (non-hydrogen) atoms. The van der Waals surface area contributed by atoms with E-state index < -0.39 is 49.1 Å². The predicted octanol–water partition coefficient (Wildman–Crippen LogP) is 3.40. The first-order valence-electron chi connectivity index (χ1n) is 5.12. The van der Waals surface area contributed by atoms with E-state index in [1.807, 2.05) is 0 Å². The molecule has 0 spiro atoms. The van der Waals surface area contributed by atoms with Gasteiger partial charge in [-0.1, -0.05) is 0 Å². The molecule has 0 N–H and O–H groups in total. The van der Waals surface area contributed by atoms with Crippen molar-refractivity contribution in [3.05, 3.63) is 0 Å². The van der Waals surface area contributed by atoms with Crippen LogP contribution < -0.4 is 0 Å². The summed E-state index contributed by atoms with van der Waals surface area (Å²) in [7, 11) is 0. The second-order valence-electron chi connectivity index (χ2n) is 3.67. The second kappa shape index (κ2) is 6.26. The maximum absolute atomic E-state index is 13.0. The maximum atomic E-state index is 13.0. The quantitative estimate of drug-likeness (QED) is 0.525. The summed E-state index contributed by atoms with van der Waals surface area (Å²) in [6, 6.07) is 0. The lowest BCUT2D eigenvalue weighted by molar-refractivity contribution is -0.326. The van der Waals surface area contributed by atoms with E-state index in [-0.39, 0.29) is 0 Å². The third-order valence-electron chi connectivity index (χ3n) is 2.21. The Balaban J connectivity index is 5.60. The van der Waals surface area contributed by atoms with Crippen LogP contribution in [0.4, 0.5) is 43.9 Å². The average Bonchev–Trinajstić information content (AvgIpc) is 2.36. The fourth-order valence-corrected chi connectivity index (χ4v) is 1.06. The van der Waals surface area contributed by atoms with Crippen LogP contribution in [0.1, 0.15) is 6.92 Å². The van der Waals surface area contributed by atoms with Crippen LogP contribution in [0.25, 0.3) is 0 Å². The van der Waals surface area contributed by atoms with E-state index in [1.165, 1.54) is 0 Å². The number of rotatable bonds is 7. The lowest BCUT2D eigenvalue weighted by atomic mass is 9.97. The van der Waals surface area contributed by atoms with E-state index in [2.05, 4.69) is 4.74 Å². The number of halogens is 10. The summed E-state index contributed by atoms with van der Waals surface area (Å²) in [5.74, 6) is -22.8. The highest BCUT2D eigenvalue weighted by Gasteiger charge is 2.79. The van der Waals surface area contributed by atoms with E-state index in [0.29, 0.717) is 0 Å². The van der Waals surface area contributed by atoms with Gasteiger partial charge in [-0.15, -0.1) is 0 Å². The largest absolute Gasteiger partial charge is 0.461 e. The minimum absolute atomic E-state index is 0.872. The fourth-order valence-electron chi connectivity index (χ4n) is 1.06. The summed E-state index contributed by atoms with van der Waals surface area (Å²) in [5, 5.41) is 0. The van der Waals surface area contributed by atoms with Crippen LogP contribution in [-0.4, -0.2) is 49.1 Å². The molecule has 0 heterocycles. The zero-order chi connectivity index (χ0) is 17.2. The van der Waals surface area contributed by atoms with Crippen molar-refractivity contribution in [2.24, 2.45) is 0 Å². The molecule has 2 atom stereocenters. The van der Waals surface area contributed by atoms with Crippen LogP contribution in [0.5, 0.6) is 0 Å². The molecule has 126 valence electrons. The number of hydrogen-bond acceptors (Lipinski definition) is 2. The number of carbonyl (C=O) groups excluding carboxylic acids is 1. The third-order valence-corrected chi connectivity index (χ3v) is 2.21. The molecular formula is C9H8F10O2. The van der Waals surface area contributed by atoms with Crippen molar-refractivity contribution < 1.29 is 53.4 Å². The van der Waals surface area contributed by atoms with Gasteiger partial charge in [0.25, 0.3) is 6.43 Å². The molecule has 12 heteroatoms. The standard InChI is InChI=1S/C9H8F10O2/c1-2-21-6(20)8(16,17)9(18,19)7(14,15)4(11)3(10)5(12)13/h3-5H,2H2,1H3. The molecule has 0 aliphatic carbocycles. The highest BCUT2D eigenvalue weighted by atomic mass is 19.3. The van der Waals surface area contributed by atoms with Crippen molar-refractivity contribution in [1.29, 1.82) is 0 Å². The van der Waals surface area contributed by atoms with Crippen LogP contribution in [0.3, 0.4) is 0 Å². The molecule has 0 rings (SSSR count). The van der Waals surface area contributed by atoms with Gasteiger partial charge in [0.2, 0.25) is 6.17 Å². The zero-order valence-electron chi connectivity index (χ0n) is 10.0. The highest BCUT2D eigenvalue weighted by molar-refractivity contribution is 5.79. The number of carbonyl (C=O) groups is 1. The van der Waals surface area contributed by atoms with Crippen molar-refractivity contribution in [1.82, 2.24) is 0 Å². The van der Waals surface area contributed by atoms with Crippen LogP contribution in [0, 0.1) is 0 Å². The zero-order valence-corrected chi connectivity index (χ0v) is 10.0. The van der Waals surface area contributed by atoms with Crippen molar-refractivity contribution in [3.8, 4) is 0 Å². The minimum atomic E-state index is -6.79. The summed E-state index contributed by atoms with van der Waals surface area (Å²) in [5.41, 5.74) is 0. The van der Waals surface area contributed by atoms with E-state index in [1.54, 1.807) is 0 Å². The fraction of sp³-hybridized carbons (Fsp3) is 0.889. The molecule has 0 bridgehead atoms. The monoisotopic (exact) mass is 338 g/mol. The Morgan fingerprint density at radius 2 is 1.43 bits per heavy atom. The van der Waals surface area contributed by atoms with Crippen LogP contribution >= 0.6 is 0 Å². The van der Waals surface area contributed by atoms with Gasteiger partial charge in [0.15, 0.2) is 6.17 Å². The second-order valence-corrected chi connectivity index (χ2v) is 3.67. The maximum Gasteiger partial charge on any atom is 0.410 e. The Labute approximate surface area is 111 Å². The van der Waals surface area contributed by atoms with Crippen LogP contribution in [0.2, 0.25) is 0 Å². The van der Waals surface area contributed by atoms with Gasteiger partial charge in [0, 0.05) is 0 Å². The average molecular weight is 338 g/mol. The normalized spacial score (nSPS) is 16.8. The molecule has 0 aromatic carbocycles. The Morgan fingerprint density at radius 1 is 1.00 bits per heavy atom. The Hall–Kier alpha value is -1.23.